The summed E-state index contributed by atoms with van der Waals surface area (Å²) in [5.74, 6) is 0.516. The molecule has 2 heterocycles. The van der Waals surface area contributed by atoms with Gasteiger partial charge in [0.15, 0.2) is 0 Å². The zero-order valence-electron chi connectivity index (χ0n) is 11.6. The van der Waals surface area contributed by atoms with Crippen molar-refractivity contribution in [1.29, 1.82) is 0 Å². The molecule has 2 atom stereocenters. The molecule has 1 N–H and O–H groups in total. The van der Waals surface area contributed by atoms with Crippen molar-refractivity contribution in [3.63, 3.8) is 0 Å². The highest BCUT2D eigenvalue weighted by Crippen LogP contribution is 2.39. The van der Waals surface area contributed by atoms with E-state index in [0.29, 0.717) is 12.0 Å². The maximum atomic E-state index is 3.54. The zero-order chi connectivity index (χ0) is 13.4. The predicted octanol–water partition coefficient (Wildman–Crippen LogP) is 2.78. The minimum absolute atomic E-state index is 0.516. The Morgan fingerprint density at radius 1 is 0.900 bits per heavy atom. The first-order valence-electron chi connectivity index (χ1n) is 7.52. The van der Waals surface area contributed by atoms with Crippen molar-refractivity contribution >= 4 is 0 Å². The average molecular weight is 264 g/mol. The van der Waals surface area contributed by atoms with Gasteiger partial charge in [0.2, 0.25) is 0 Å². The minimum atomic E-state index is 0.516. The van der Waals surface area contributed by atoms with Crippen LogP contribution in [0.5, 0.6) is 0 Å². The number of hydrogen-bond acceptors (Lipinski definition) is 2. The number of piperazine rings is 1. The lowest BCUT2D eigenvalue weighted by molar-refractivity contribution is 0.143. The van der Waals surface area contributed by atoms with Crippen LogP contribution in [0.1, 0.15) is 28.7 Å². The maximum absolute atomic E-state index is 3.54. The molecular weight excluding hydrogens is 244 g/mol. The van der Waals surface area contributed by atoms with Crippen molar-refractivity contribution in [2.24, 2.45) is 0 Å². The summed E-state index contributed by atoms with van der Waals surface area (Å²) in [6.07, 6.45) is 0. The highest BCUT2D eigenvalue weighted by molar-refractivity contribution is 5.42. The van der Waals surface area contributed by atoms with E-state index in [4.69, 9.17) is 0 Å². The highest BCUT2D eigenvalue weighted by Gasteiger charge is 2.34. The van der Waals surface area contributed by atoms with Gasteiger partial charge in [0.25, 0.3) is 0 Å². The van der Waals surface area contributed by atoms with Crippen molar-refractivity contribution in [2.45, 2.75) is 12.0 Å². The molecule has 2 heteroatoms. The molecule has 20 heavy (non-hydrogen) atoms. The van der Waals surface area contributed by atoms with E-state index >= 15 is 0 Å². The predicted molar refractivity (Wildman–Crippen MR) is 81.9 cm³/mol. The SMILES string of the molecule is c1ccc([C@H]2CN3CCNC[C@H]3c3ccccc32)cc1. The van der Waals surface area contributed by atoms with Gasteiger partial charge in [0.05, 0.1) is 0 Å². The summed E-state index contributed by atoms with van der Waals surface area (Å²) in [6.45, 7) is 4.49. The largest absolute Gasteiger partial charge is 0.314 e. The molecule has 1 saturated heterocycles. The van der Waals surface area contributed by atoms with E-state index in [1.807, 2.05) is 0 Å². The number of benzene rings is 2. The van der Waals surface area contributed by atoms with Gasteiger partial charge in [-0.05, 0) is 16.7 Å². The molecule has 0 spiro atoms. The summed E-state index contributed by atoms with van der Waals surface area (Å²) in [5, 5.41) is 3.54. The molecular formula is C18H20N2. The topological polar surface area (TPSA) is 15.3 Å². The van der Waals surface area contributed by atoms with Crippen molar-refractivity contribution in [3.05, 3.63) is 71.3 Å². The first-order valence-corrected chi connectivity index (χ1v) is 7.52. The van der Waals surface area contributed by atoms with Crippen molar-refractivity contribution in [2.75, 3.05) is 26.2 Å². The molecule has 0 radical (unpaired) electrons. The van der Waals surface area contributed by atoms with Crippen LogP contribution in [0.15, 0.2) is 54.6 Å². The summed E-state index contributed by atoms with van der Waals surface area (Å²) in [4.78, 5) is 2.65. The van der Waals surface area contributed by atoms with Crippen LogP contribution in [0.3, 0.4) is 0 Å². The second kappa shape index (κ2) is 5.04. The molecule has 2 aromatic rings. The Kier molecular flexibility index (Phi) is 3.06. The first kappa shape index (κ1) is 12.1. The Labute approximate surface area is 120 Å². The van der Waals surface area contributed by atoms with E-state index in [9.17, 15) is 0 Å². The summed E-state index contributed by atoms with van der Waals surface area (Å²) in [5.41, 5.74) is 4.47. The zero-order valence-corrected chi connectivity index (χ0v) is 11.6. The van der Waals surface area contributed by atoms with Crippen LogP contribution >= 0.6 is 0 Å². The monoisotopic (exact) mass is 264 g/mol. The number of hydrogen-bond donors (Lipinski definition) is 1. The lowest BCUT2D eigenvalue weighted by Crippen LogP contribution is -2.50. The van der Waals surface area contributed by atoms with E-state index < -0.39 is 0 Å². The molecule has 0 saturated carbocycles. The smallest absolute Gasteiger partial charge is 0.0476 e. The van der Waals surface area contributed by atoms with Gasteiger partial charge in [-0.15, -0.1) is 0 Å². The van der Waals surface area contributed by atoms with Gasteiger partial charge >= 0.3 is 0 Å². The molecule has 0 aromatic heterocycles. The second-order valence-corrected chi connectivity index (χ2v) is 5.81. The number of nitrogens with zero attached hydrogens (tertiary/aromatic N) is 1. The third-order valence-electron chi connectivity index (χ3n) is 4.70. The van der Waals surface area contributed by atoms with Crippen LogP contribution in [0.4, 0.5) is 0 Å². The lowest BCUT2D eigenvalue weighted by atomic mass is 9.81. The van der Waals surface area contributed by atoms with Crippen molar-refractivity contribution in [3.8, 4) is 0 Å². The van der Waals surface area contributed by atoms with Gasteiger partial charge in [-0.25, -0.2) is 0 Å². The molecule has 0 amide bonds. The quantitative estimate of drug-likeness (QED) is 0.852. The molecule has 2 aliphatic heterocycles. The standard InChI is InChI=1S/C18H20N2/c1-2-6-14(7-3-1)17-13-20-11-10-19-12-18(20)16-9-5-4-8-15(16)17/h1-9,17-19H,10-13H2/t17-,18+/m1/s1. The molecule has 4 rings (SSSR count). The Balaban J connectivity index is 1.81. The molecule has 0 bridgehead atoms. The fourth-order valence-electron chi connectivity index (χ4n) is 3.71. The summed E-state index contributed by atoms with van der Waals surface area (Å²) in [7, 11) is 0. The Hall–Kier alpha value is -1.64. The Bertz CT molecular complexity index is 593. The van der Waals surface area contributed by atoms with Gasteiger partial charge in [-0.1, -0.05) is 54.6 Å². The third-order valence-corrected chi connectivity index (χ3v) is 4.70. The molecule has 2 nitrogen and oxygen atoms in total. The van der Waals surface area contributed by atoms with Crippen LogP contribution in [-0.4, -0.2) is 31.1 Å². The van der Waals surface area contributed by atoms with E-state index in [1.54, 1.807) is 0 Å². The first-order chi connectivity index (χ1) is 9.93. The summed E-state index contributed by atoms with van der Waals surface area (Å²) >= 11 is 0. The Morgan fingerprint density at radius 2 is 1.65 bits per heavy atom. The molecule has 102 valence electrons. The van der Waals surface area contributed by atoms with Crippen molar-refractivity contribution in [1.82, 2.24) is 10.2 Å². The van der Waals surface area contributed by atoms with Crippen LogP contribution in [0, 0.1) is 0 Å². The van der Waals surface area contributed by atoms with Gasteiger partial charge in [0, 0.05) is 38.1 Å². The fraction of sp³-hybridized carbons (Fsp3) is 0.333. The number of nitrogens with one attached hydrogen (secondary N) is 1. The molecule has 0 unspecified atom stereocenters. The fourth-order valence-corrected chi connectivity index (χ4v) is 3.71. The van der Waals surface area contributed by atoms with Gasteiger partial charge in [-0.3, -0.25) is 4.90 Å². The average Bonchev–Trinajstić information content (AvgIpc) is 2.55. The van der Waals surface area contributed by atoms with E-state index in [1.165, 1.54) is 16.7 Å². The van der Waals surface area contributed by atoms with E-state index in [-0.39, 0.29) is 0 Å². The third kappa shape index (κ3) is 1.96. The highest BCUT2D eigenvalue weighted by atomic mass is 15.2. The summed E-state index contributed by atoms with van der Waals surface area (Å²) < 4.78 is 0. The van der Waals surface area contributed by atoms with Crippen LogP contribution < -0.4 is 5.32 Å². The molecule has 2 aliphatic rings. The lowest BCUT2D eigenvalue weighted by Gasteiger charge is -2.44. The van der Waals surface area contributed by atoms with Gasteiger partial charge in [-0.2, -0.15) is 0 Å². The molecule has 0 aliphatic carbocycles. The normalized spacial score (nSPS) is 25.8. The van der Waals surface area contributed by atoms with Crippen LogP contribution in [0.2, 0.25) is 0 Å². The summed E-state index contributed by atoms with van der Waals surface area (Å²) in [6, 6.07) is 20.5. The minimum Gasteiger partial charge on any atom is -0.314 e. The van der Waals surface area contributed by atoms with Crippen molar-refractivity contribution < 1.29 is 0 Å². The van der Waals surface area contributed by atoms with Gasteiger partial charge in [0.1, 0.15) is 0 Å². The Morgan fingerprint density at radius 3 is 2.50 bits per heavy atom. The van der Waals surface area contributed by atoms with E-state index in [0.717, 1.165) is 26.2 Å². The second-order valence-electron chi connectivity index (χ2n) is 5.81. The molecule has 1 fully saturated rings. The van der Waals surface area contributed by atoms with E-state index in [2.05, 4.69) is 64.8 Å². The molecule has 2 aromatic carbocycles. The van der Waals surface area contributed by atoms with Gasteiger partial charge < -0.3 is 5.32 Å². The van der Waals surface area contributed by atoms with Crippen LogP contribution in [0.25, 0.3) is 0 Å². The maximum Gasteiger partial charge on any atom is 0.0476 e. The number of fused-ring (bicyclic) bond motifs is 3. The van der Waals surface area contributed by atoms with Crippen LogP contribution in [-0.2, 0) is 0 Å². The number of rotatable bonds is 1.